The molecule has 0 spiro atoms. The number of benzene rings is 2. The quantitative estimate of drug-likeness (QED) is 0.934. The lowest BCUT2D eigenvalue weighted by atomic mass is 9.79. The number of aliphatic carboxylic acids is 1. The van der Waals surface area contributed by atoms with Gasteiger partial charge in [-0.3, -0.25) is 4.79 Å². The molecule has 1 aliphatic rings. The minimum absolute atomic E-state index is 0.284. The molecule has 0 bridgehead atoms. The fourth-order valence-electron chi connectivity index (χ4n) is 3.08. The van der Waals surface area contributed by atoms with Crippen LogP contribution in [-0.2, 0) is 24.1 Å². The summed E-state index contributed by atoms with van der Waals surface area (Å²) in [4.78, 5) is 11.9. The lowest BCUT2D eigenvalue weighted by molar-refractivity contribution is -0.148. The smallest absolute Gasteiger partial charge is 0.310 e. The van der Waals surface area contributed by atoms with E-state index in [0.717, 1.165) is 11.1 Å². The van der Waals surface area contributed by atoms with Gasteiger partial charge in [-0.2, -0.15) is 0 Å². The molecule has 0 saturated heterocycles. The van der Waals surface area contributed by atoms with E-state index in [-0.39, 0.29) is 5.02 Å². The highest BCUT2D eigenvalue weighted by Gasteiger charge is 2.44. The molecule has 2 aromatic carbocycles. The van der Waals surface area contributed by atoms with Crippen molar-refractivity contribution in [3.63, 3.8) is 0 Å². The van der Waals surface area contributed by atoms with Crippen LogP contribution >= 0.6 is 11.6 Å². The summed E-state index contributed by atoms with van der Waals surface area (Å²) < 4.78 is 13.1. The highest BCUT2D eigenvalue weighted by Crippen LogP contribution is 2.41. The Hall–Kier alpha value is -1.87. The zero-order valence-corrected chi connectivity index (χ0v) is 12.0. The maximum absolute atomic E-state index is 13.1. The van der Waals surface area contributed by atoms with Gasteiger partial charge in [0.25, 0.3) is 0 Å². The zero-order valence-electron chi connectivity index (χ0n) is 11.3. The highest BCUT2D eigenvalue weighted by atomic mass is 35.5. The highest BCUT2D eigenvalue weighted by molar-refractivity contribution is 6.31. The Kier molecular flexibility index (Phi) is 3.46. The molecule has 108 valence electrons. The lowest BCUT2D eigenvalue weighted by Gasteiger charge is -2.24. The minimum Gasteiger partial charge on any atom is -0.481 e. The van der Waals surface area contributed by atoms with E-state index in [0.29, 0.717) is 24.8 Å². The molecule has 0 aromatic heterocycles. The van der Waals surface area contributed by atoms with Crippen molar-refractivity contribution in [3.8, 4) is 0 Å². The maximum Gasteiger partial charge on any atom is 0.310 e. The van der Waals surface area contributed by atoms with Crippen molar-refractivity contribution in [3.05, 3.63) is 70.0 Å². The van der Waals surface area contributed by atoms with E-state index in [1.807, 2.05) is 24.3 Å². The second-order valence-corrected chi connectivity index (χ2v) is 6.03. The van der Waals surface area contributed by atoms with Crippen molar-refractivity contribution in [1.29, 1.82) is 0 Å². The van der Waals surface area contributed by atoms with E-state index in [4.69, 9.17) is 11.6 Å². The van der Waals surface area contributed by atoms with Gasteiger partial charge < -0.3 is 5.11 Å². The number of carbonyl (C=O) groups is 1. The summed E-state index contributed by atoms with van der Waals surface area (Å²) >= 11 is 6.05. The zero-order chi connectivity index (χ0) is 15.0. The third-order valence-electron chi connectivity index (χ3n) is 4.17. The van der Waals surface area contributed by atoms with E-state index in [9.17, 15) is 14.3 Å². The number of halogens is 2. The maximum atomic E-state index is 13.1. The first-order valence-corrected chi connectivity index (χ1v) is 7.12. The van der Waals surface area contributed by atoms with Gasteiger partial charge in [0.2, 0.25) is 0 Å². The molecule has 0 saturated carbocycles. The number of carboxylic acids is 1. The van der Waals surface area contributed by atoms with Crippen molar-refractivity contribution in [2.75, 3.05) is 0 Å². The number of fused-ring (bicyclic) bond motifs is 1. The van der Waals surface area contributed by atoms with Gasteiger partial charge in [0.1, 0.15) is 5.82 Å². The van der Waals surface area contributed by atoms with Gasteiger partial charge in [-0.05, 0) is 48.1 Å². The summed E-state index contributed by atoms with van der Waals surface area (Å²) in [6, 6.07) is 11.9. The Morgan fingerprint density at radius 3 is 2.33 bits per heavy atom. The normalized spacial score (nSPS) is 15.7. The number of rotatable bonds is 3. The van der Waals surface area contributed by atoms with E-state index in [2.05, 4.69) is 0 Å². The molecule has 0 fully saturated rings. The van der Waals surface area contributed by atoms with E-state index in [1.54, 1.807) is 6.07 Å². The van der Waals surface area contributed by atoms with Gasteiger partial charge in [-0.1, -0.05) is 41.9 Å². The Morgan fingerprint density at radius 1 is 1.19 bits per heavy atom. The fourth-order valence-corrected chi connectivity index (χ4v) is 3.31. The first-order chi connectivity index (χ1) is 10.00. The van der Waals surface area contributed by atoms with Gasteiger partial charge in [-0.15, -0.1) is 0 Å². The summed E-state index contributed by atoms with van der Waals surface area (Å²) in [6.07, 6.45) is 1.26. The van der Waals surface area contributed by atoms with Crippen LogP contribution in [0.5, 0.6) is 0 Å². The van der Waals surface area contributed by atoms with Crippen LogP contribution in [0.3, 0.4) is 0 Å². The summed E-state index contributed by atoms with van der Waals surface area (Å²) in [5.74, 6) is -1.25. The first kappa shape index (κ1) is 14.1. The molecule has 2 aromatic rings. The molecule has 4 heteroatoms. The Labute approximate surface area is 127 Å². The molecule has 0 heterocycles. The van der Waals surface area contributed by atoms with Crippen molar-refractivity contribution < 1.29 is 14.3 Å². The molecular weight excluding hydrogens is 291 g/mol. The topological polar surface area (TPSA) is 37.3 Å². The molecule has 0 unspecified atom stereocenters. The van der Waals surface area contributed by atoms with E-state index in [1.165, 1.54) is 12.1 Å². The van der Waals surface area contributed by atoms with Gasteiger partial charge in [0.05, 0.1) is 5.41 Å². The van der Waals surface area contributed by atoms with E-state index < -0.39 is 17.2 Å². The molecule has 1 aliphatic carbocycles. The third kappa shape index (κ3) is 2.54. The summed E-state index contributed by atoms with van der Waals surface area (Å²) in [5, 5.41) is 10.0. The molecule has 3 rings (SSSR count). The molecule has 0 atom stereocenters. The predicted molar refractivity (Wildman–Crippen MR) is 79.0 cm³/mol. The first-order valence-electron chi connectivity index (χ1n) is 6.74. The number of hydrogen-bond donors (Lipinski definition) is 1. The molecule has 21 heavy (non-hydrogen) atoms. The van der Waals surface area contributed by atoms with Crippen molar-refractivity contribution in [2.45, 2.75) is 19.3 Å². The van der Waals surface area contributed by atoms with Crippen molar-refractivity contribution in [2.24, 2.45) is 5.41 Å². The van der Waals surface area contributed by atoms with Crippen LogP contribution in [0.25, 0.3) is 0 Å². The summed E-state index contributed by atoms with van der Waals surface area (Å²) in [6.45, 7) is 0. The van der Waals surface area contributed by atoms with Crippen LogP contribution in [0.1, 0.15) is 16.7 Å². The minimum atomic E-state index is -0.898. The third-order valence-corrected chi connectivity index (χ3v) is 4.53. The predicted octanol–water partition coefficient (Wildman–Crippen LogP) is 3.89. The van der Waals surface area contributed by atoms with Crippen molar-refractivity contribution >= 4 is 17.6 Å². The Bertz CT molecular complexity index is 687. The van der Waals surface area contributed by atoms with Crippen LogP contribution in [-0.4, -0.2) is 11.1 Å². The molecular formula is C17H14ClFO2. The van der Waals surface area contributed by atoms with Gasteiger partial charge >= 0.3 is 5.97 Å². The van der Waals surface area contributed by atoms with Crippen LogP contribution < -0.4 is 0 Å². The van der Waals surface area contributed by atoms with Crippen LogP contribution in [0.2, 0.25) is 5.02 Å². The van der Waals surface area contributed by atoms with Crippen molar-refractivity contribution in [1.82, 2.24) is 0 Å². The SMILES string of the molecule is O=C(O)C1(Cc2ccc(F)cc2Cl)Cc2ccccc2C1. The Morgan fingerprint density at radius 2 is 1.81 bits per heavy atom. The number of carboxylic acid groups (broad SMARTS) is 1. The summed E-state index contributed by atoms with van der Waals surface area (Å²) in [7, 11) is 0. The standard InChI is InChI=1S/C17H14ClFO2/c18-15-7-14(19)6-5-13(15)10-17(16(20)21)8-11-3-1-2-4-12(11)9-17/h1-7H,8-10H2,(H,20,21). The van der Waals surface area contributed by atoms with Crippen LogP contribution in [0.4, 0.5) is 4.39 Å². The van der Waals surface area contributed by atoms with Gasteiger partial charge in [-0.25, -0.2) is 4.39 Å². The largest absolute Gasteiger partial charge is 0.481 e. The number of hydrogen-bond acceptors (Lipinski definition) is 1. The Balaban J connectivity index is 1.96. The molecule has 0 aliphatic heterocycles. The molecule has 0 radical (unpaired) electrons. The monoisotopic (exact) mass is 304 g/mol. The molecule has 0 amide bonds. The van der Waals surface area contributed by atoms with Crippen LogP contribution in [0, 0.1) is 11.2 Å². The van der Waals surface area contributed by atoms with Crippen LogP contribution in [0.15, 0.2) is 42.5 Å². The average Bonchev–Trinajstić information content (AvgIpc) is 2.81. The lowest BCUT2D eigenvalue weighted by Crippen LogP contribution is -2.34. The average molecular weight is 305 g/mol. The molecule has 1 N–H and O–H groups in total. The van der Waals surface area contributed by atoms with Gasteiger partial charge in [0, 0.05) is 5.02 Å². The second-order valence-electron chi connectivity index (χ2n) is 5.62. The molecule has 2 nitrogen and oxygen atoms in total. The summed E-state index contributed by atoms with van der Waals surface area (Å²) in [5.41, 5.74) is 1.91. The van der Waals surface area contributed by atoms with Gasteiger partial charge in [0.15, 0.2) is 0 Å². The fraction of sp³-hybridized carbons (Fsp3) is 0.235. The van der Waals surface area contributed by atoms with E-state index >= 15 is 0 Å². The second kappa shape index (κ2) is 5.15.